The van der Waals surface area contributed by atoms with E-state index in [0.29, 0.717) is 32.1 Å². The molecular formula is C43H75O10P. The van der Waals surface area contributed by atoms with Gasteiger partial charge in [0.05, 0.1) is 12.7 Å². The molecule has 0 amide bonds. The molecule has 1 aliphatic carbocycles. The Hall–Kier alpha value is -2.10. The molecule has 0 aromatic rings. The number of hydrogen-bond acceptors (Lipinski definition) is 8. The third-order valence-electron chi connectivity index (χ3n) is 9.91. The summed E-state index contributed by atoms with van der Waals surface area (Å²) in [5, 5.41) is 10.2. The van der Waals surface area contributed by atoms with E-state index in [1.54, 1.807) is 12.2 Å². The number of esters is 2. The van der Waals surface area contributed by atoms with E-state index < -0.39 is 38.6 Å². The number of phosphoric ester groups is 1. The smallest absolute Gasteiger partial charge is 0.462 e. The first-order valence-electron chi connectivity index (χ1n) is 21.3. The Kier molecular flexibility index (Phi) is 30.6. The highest BCUT2D eigenvalue weighted by molar-refractivity contribution is 7.46. The molecule has 0 aliphatic heterocycles. The van der Waals surface area contributed by atoms with E-state index in [1.807, 2.05) is 24.3 Å². The maximum absolute atomic E-state index is 12.4. The Bertz CT molecular complexity index is 1110. The van der Waals surface area contributed by atoms with Crippen LogP contribution in [0.15, 0.2) is 36.5 Å². The van der Waals surface area contributed by atoms with Gasteiger partial charge in [-0.1, -0.05) is 166 Å². The topological polar surface area (TPSA) is 157 Å². The van der Waals surface area contributed by atoms with Gasteiger partial charge in [-0.15, -0.1) is 0 Å². The van der Waals surface area contributed by atoms with Crippen LogP contribution in [0.4, 0.5) is 0 Å². The van der Waals surface area contributed by atoms with Crippen molar-refractivity contribution in [2.75, 3.05) is 13.2 Å². The van der Waals surface area contributed by atoms with Crippen LogP contribution in [-0.4, -0.2) is 58.0 Å². The van der Waals surface area contributed by atoms with E-state index >= 15 is 0 Å². The highest BCUT2D eigenvalue weighted by atomic mass is 31.2. The second-order valence-electron chi connectivity index (χ2n) is 15.0. The SMILES string of the molecule is CCCCCCCCCCCCCCCCCCCC(=O)O[C@H](COC(=O)CCC/C=C\C[C@H]1C=CC(=O)[C@@H]1/C=C/[C@@H](O)CCCCC)COP(=O)(O)O. The van der Waals surface area contributed by atoms with Crippen LogP contribution in [0.5, 0.6) is 0 Å². The van der Waals surface area contributed by atoms with Crippen molar-refractivity contribution in [3.63, 3.8) is 0 Å². The van der Waals surface area contributed by atoms with Gasteiger partial charge in [-0.05, 0) is 44.1 Å². The van der Waals surface area contributed by atoms with Gasteiger partial charge in [0.2, 0.25) is 0 Å². The maximum atomic E-state index is 12.4. The average Bonchev–Trinajstić information content (AvgIpc) is 3.49. The van der Waals surface area contributed by atoms with Crippen molar-refractivity contribution in [1.82, 2.24) is 0 Å². The minimum atomic E-state index is -4.80. The zero-order valence-corrected chi connectivity index (χ0v) is 34.6. The second kappa shape index (κ2) is 33.1. The zero-order chi connectivity index (χ0) is 39.7. The number of carbonyl (C=O) groups is 3. The van der Waals surface area contributed by atoms with Crippen molar-refractivity contribution in [3.05, 3.63) is 36.5 Å². The van der Waals surface area contributed by atoms with Crippen LogP contribution in [0.25, 0.3) is 0 Å². The molecule has 1 aliphatic rings. The highest BCUT2D eigenvalue weighted by Crippen LogP contribution is 2.36. The summed E-state index contributed by atoms with van der Waals surface area (Å²) in [5.41, 5.74) is 0. The minimum Gasteiger partial charge on any atom is -0.462 e. The normalized spacial score (nSPS) is 17.2. The van der Waals surface area contributed by atoms with Crippen molar-refractivity contribution in [2.45, 2.75) is 193 Å². The van der Waals surface area contributed by atoms with Crippen LogP contribution in [-0.2, 0) is 32.9 Å². The molecule has 0 aromatic heterocycles. The molecule has 0 unspecified atom stereocenters. The van der Waals surface area contributed by atoms with Crippen LogP contribution >= 0.6 is 7.82 Å². The van der Waals surface area contributed by atoms with Crippen LogP contribution in [0.2, 0.25) is 0 Å². The van der Waals surface area contributed by atoms with Gasteiger partial charge in [-0.3, -0.25) is 18.9 Å². The molecule has 0 saturated heterocycles. The van der Waals surface area contributed by atoms with Crippen molar-refractivity contribution in [3.8, 4) is 0 Å². The first-order valence-corrected chi connectivity index (χ1v) is 22.9. The lowest BCUT2D eigenvalue weighted by Gasteiger charge is -2.18. The fourth-order valence-corrected chi connectivity index (χ4v) is 6.96. The lowest BCUT2D eigenvalue weighted by atomic mass is 9.90. The van der Waals surface area contributed by atoms with Gasteiger partial charge in [0.15, 0.2) is 11.9 Å². The molecule has 312 valence electrons. The third-order valence-corrected chi connectivity index (χ3v) is 10.4. The molecular weight excluding hydrogens is 707 g/mol. The number of rotatable bonds is 36. The summed E-state index contributed by atoms with van der Waals surface area (Å²) < 4.78 is 26.4. The lowest BCUT2D eigenvalue weighted by molar-refractivity contribution is -0.161. The van der Waals surface area contributed by atoms with Gasteiger partial charge in [0.1, 0.15) is 6.61 Å². The zero-order valence-electron chi connectivity index (χ0n) is 33.7. The Balaban J connectivity index is 2.22. The molecule has 0 fully saturated rings. The summed E-state index contributed by atoms with van der Waals surface area (Å²) >= 11 is 0. The molecule has 4 atom stereocenters. The average molecular weight is 783 g/mol. The van der Waals surface area contributed by atoms with Gasteiger partial charge in [-0.25, -0.2) is 4.57 Å². The van der Waals surface area contributed by atoms with E-state index in [9.17, 15) is 24.1 Å². The number of allylic oxidation sites excluding steroid dienone is 5. The van der Waals surface area contributed by atoms with E-state index in [1.165, 1.54) is 83.5 Å². The molecule has 11 heteroatoms. The van der Waals surface area contributed by atoms with Crippen LogP contribution in [0, 0.1) is 11.8 Å². The summed E-state index contributed by atoms with van der Waals surface area (Å²) in [6.45, 7) is 3.43. The molecule has 0 heterocycles. The number of hydrogen-bond donors (Lipinski definition) is 3. The fraction of sp³-hybridized carbons (Fsp3) is 0.791. The van der Waals surface area contributed by atoms with Crippen LogP contribution < -0.4 is 0 Å². The summed E-state index contributed by atoms with van der Waals surface area (Å²) in [6.07, 6.45) is 36.3. The number of ketones is 1. The fourth-order valence-electron chi connectivity index (χ4n) is 6.60. The van der Waals surface area contributed by atoms with Gasteiger partial charge in [0, 0.05) is 18.8 Å². The highest BCUT2D eigenvalue weighted by Gasteiger charge is 2.27. The monoisotopic (exact) mass is 783 g/mol. The van der Waals surface area contributed by atoms with Crippen LogP contribution in [0.3, 0.4) is 0 Å². The van der Waals surface area contributed by atoms with Gasteiger partial charge >= 0.3 is 19.8 Å². The van der Waals surface area contributed by atoms with Crippen molar-refractivity contribution in [2.24, 2.45) is 11.8 Å². The third kappa shape index (κ3) is 29.2. The number of aliphatic hydroxyl groups is 1. The molecule has 0 saturated carbocycles. The predicted molar refractivity (Wildman–Crippen MR) is 216 cm³/mol. The lowest BCUT2D eigenvalue weighted by Crippen LogP contribution is -2.29. The number of phosphoric acid groups is 1. The van der Waals surface area contributed by atoms with Gasteiger partial charge in [0.25, 0.3) is 0 Å². The van der Waals surface area contributed by atoms with Crippen molar-refractivity contribution < 1.29 is 47.8 Å². The van der Waals surface area contributed by atoms with Crippen molar-refractivity contribution >= 4 is 25.5 Å². The van der Waals surface area contributed by atoms with E-state index in [0.717, 1.165) is 38.5 Å². The van der Waals surface area contributed by atoms with E-state index in [4.69, 9.17) is 19.3 Å². The number of aliphatic hydroxyl groups excluding tert-OH is 1. The quantitative estimate of drug-likeness (QED) is 0.0242. The Labute approximate surface area is 327 Å². The molecule has 1 rings (SSSR count). The van der Waals surface area contributed by atoms with Gasteiger partial charge < -0.3 is 24.4 Å². The second-order valence-corrected chi connectivity index (χ2v) is 16.2. The molecule has 10 nitrogen and oxygen atoms in total. The van der Waals surface area contributed by atoms with Gasteiger partial charge in [-0.2, -0.15) is 0 Å². The number of unbranched alkanes of at least 4 members (excludes halogenated alkanes) is 19. The first-order chi connectivity index (χ1) is 26.1. The number of ether oxygens (including phenoxy) is 2. The molecule has 3 N–H and O–H groups in total. The Morgan fingerprint density at radius 3 is 1.85 bits per heavy atom. The largest absolute Gasteiger partial charge is 0.469 e. The molecule has 0 radical (unpaired) electrons. The minimum absolute atomic E-state index is 0.0294. The molecule has 0 aromatic carbocycles. The molecule has 0 bridgehead atoms. The summed E-state index contributed by atoms with van der Waals surface area (Å²) in [4.78, 5) is 55.3. The maximum Gasteiger partial charge on any atom is 0.469 e. The van der Waals surface area contributed by atoms with Crippen LogP contribution in [0.1, 0.15) is 181 Å². The summed E-state index contributed by atoms with van der Waals surface area (Å²) in [5.74, 6) is -1.24. The number of carbonyl (C=O) groups excluding carboxylic acids is 3. The summed E-state index contributed by atoms with van der Waals surface area (Å²) in [7, 11) is -4.80. The van der Waals surface area contributed by atoms with Crippen molar-refractivity contribution in [1.29, 1.82) is 0 Å². The molecule has 54 heavy (non-hydrogen) atoms. The Morgan fingerprint density at radius 2 is 1.28 bits per heavy atom. The molecule has 0 spiro atoms. The standard InChI is InChI=1S/C43H75O10P/c1-3-5-7-8-9-10-11-12-13-14-15-16-17-18-19-20-26-30-43(47)53-39(36-52-54(48,49)50)35-51-42(46)29-25-22-21-24-27-37-31-34-41(45)40(37)33-32-38(44)28-23-6-4-2/h21,24,31-34,37-40,44H,3-20,22-23,25-30,35-36H2,1-2H3,(H2,48,49,50)/b24-21-,33-32+/t37-,38-,39+,40+/m0/s1. The predicted octanol–water partition coefficient (Wildman–Crippen LogP) is 10.6. The summed E-state index contributed by atoms with van der Waals surface area (Å²) in [6, 6.07) is 0. The Morgan fingerprint density at radius 1 is 0.741 bits per heavy atom. The first kappa shape index (κ1) is 49.9. The van der Waals surface area contributed by atoms with E-state index in [2.05, 4.69) is 18.4 Å². The van der Waals surface area contributed by atoms with E-state index in [-0.39, 0.29) is 37.1 Å².